The summed E-state index contributed by atoms with van der Waals surface area (Å²) in [6.07, 6.45) is 2.10. The summed E-state index contributed by atoms with van der Waals surface area (Å²) in [7, 11) is 1.28. The molecule has 0 unspecified atom stereocenters. The highest BCUT2D eigenvalue weighted by atomic mass is 16.5. The lowest BCUT2D eigenvalue weighted by Crippen LogP contribution is -2.36. The molecule has 1 aromatic carbocycles. The van der Waals surface area contributed by atoms with Crippen LogP contribution in [-0.4, -0.2) is 43.1 Å². The lowest BCUT2D eigenvalue weighted by atomic mass is 10.2. The van der Waals surface area contributed by atoms with E-state index in [1.165, 1.54) is 13.2 Å². The Kier molecular flexibility index (Phi) is 4.67. The second kappa shape index (κ2) is 6.47. The fourth-order valence-corrected chi connectivity index (χ4v) is 2.19. The zero-order valence-corrected chi connectivity index (χ0v) is 12.3. The Morgan fingerprint density at radius 2 is 2.10 bits per heavy atom. The van der Waals surface area contributed by atoms with E-state index in [0.29, 0.717) is 24.0 Å². The molecule has 0 aromatic heterocycles. The number of benzene rings is 1. The van der Waals surface area contributed by atoms with Crippen LogP contribution < -0.4 is 10.5 Å². The van der Waals surface area contributed by atoms with Gasteiger partial charge >= 0.3 is 5.97 Å². The number of methoxy groups -OCH3 is 1. The van der Waals surface area contributed by atoms with E-state index in [1.807, 2.05) is 6.92 Å². The van der Waals surface area contributed by atoms with Gasteiger partial charge in [-0.3, -0.25) is 4.79 Å². The van der Waals surface area contributed by atoms with Crippen molar-refractivity contribution < 1.29 is 19.1 Å². The molecule has 1 fully saturated rings. The van der Waals surface area contributed by atoms with Gasteiger partial charge in [0, 0.05) is 18.3 Å². The molecule has 1 saturated carbocycles. The molecule has 2 rings (SSSR count). The summed E-state index contributed by atoms with van der Waals surface area (Å²) in [6.45, 7) is 2.51. The van der Waals surface area contributed by atoms with Crippen molar-refractivity contribution in [2.75, 3.05) is 26.0 Å². The van der Waals surface area contributed by atoms with Gasteiger partial charge in [0.15, 0.2) is 6.61 Å². The maximum absolute atomic E-state index is 12.1. The summed E-state index contributed by atoms with van der Waals surface area (Å²) in [5.41, 5.74) is 6.31. The molecule has 0 aliphatic heterocycles. The van der Waals surface area contributed by atoms with Gasteiger partial charge in [-0.1, -0.05) is 0 Å². The van der Waals surface area contributed by atoms with Crippen LogP contribution in [0.15, 0.2) is 18.2 Å². The van der Waals surface area contributed by atoms with E-state index >= 15 is 0 Å². The number of hydrogen-bond donors (Lipinski definition) is 1. The van der Waals surface area contributed by atoms with Crippen molar-refractivity contribution in [1.82, 2.24) is 4.90 Å². The molecule has 0 atom stereocenters. The highest BCUT2D eigenvalue weighted by Crippen LogP contribution is 2.27. The van der Waals surface area contributed by atoms with E-state index in [2.05, 4.69) is 4.74 Å². The van der Waals surface area contributed by atoms with Crippen LogP contribution in [0.1, 0.15) is 30.1 Å². The first-order valence-electron chi connectivity index (χ1n) is 6.97. The number of carbonyl (C=O) groups excluding carboxylic acids is 2. The van der Waals surface area contributed by atoms with Gasteiger partial charge in [-0.05, 0) is 38.0 Å². The van der Waals surface area contributed by atoms with Crippen LogP contribution in [0.2, 0.25) is 0 Å². The predicted octanol–water partition coefficient (Wildman–Crippen LogP) is 1.45. The summed E-state index contributed by atoms with van der Waals surface area (Å²) in [5, 5.41) is 0. The summed E-state index contributed by atoms with van der Waals surface area (Å²) in [5.74, 6) is -0.316. The normalized spacial score (nSPS) is 13.6. The lowest BCUT2D eigenvalue weighted by molar-refractivity contribution is -0.133. The first-order chi connectivity index (χ1) is 10.1. The number of esters is 1. The SMILES string of the molecule is CCN(C(=O)COc1ccc(N)cc1C(=O)OC)C1CC1. The number of ether oxygens (including phenoxy) is 2. The van der Waals surface area contributed by atoms with Crippen molar-refractivity contribution >= 4 is 17.6 Å². The van der Waals surface area contributed by atoms with Crippen molar-refractivity contribution in [2.24, 2.45) is 0 Å². The fraction of sp³-hybridized carbons (Fsp3) is 0.467. The molecule has 6 nitrogen and oxygen atoms in total. The van der Waals surface area contributed by atoms with Gasteiger partial charge in [0.2, 0.25) is 0 Å². The molecule has 0 radical (unpaired) electrons. The Balaban J connectivity index is 2.05. The maximum atomic E-state index is 12.1. The van der Waals surface area contributed by atoms with Crippen LogP contribution in [-0.2, 0) is 9.53 Å². The van der Waals surface area contributed by atoms with Crippen LogP contribution in [0.3, 0.4) is 0 Å². The molecular formula is C15H20N2O4. The molecule has 21 heavy (non-hydrogen) atoms. The second-order valence-electron chi connectivity index (χ2n) is 4.95. The topological polar surface area (TPSA) is 81.9 Å². The molecule has 0 heterocycles. The molecule has 0 spiro atoms. The molecule has 1 aromatic rings. The average Bonchev–Trinajstić information content (AvgIpc) is 3.30. The summed E-state index contributed by atoms with van der Waals surface area (Å²) in [6, 6.07) is 5.01. The predicted molar refractivity (Wildman–Crippen MR) is 78.1 cm³/mol. The smallest absolute Gasteiger partial charge is 0.341 e. The summed E-state index contributed by atoms with van der Waals surface area (Å²) < 4.78 is 10.2. The molecule has 0 bridgehead atoms. The monoisotopic (exact) mass is 292 g/mol. The summed E-state index contributed by atoms with van der Waals surface area (Å²) in [4.78, 5) is 25.6. The molecule has 6 heteroatoms. The van der Waals surface area contributed by atoms with Crippen molar-refractivity contribution in [3.63, 3.8) is 0 Å². The Hall–Kier alpha value is -2.24. The lowest BCUT2D eigenvalue weighted by Gasteiger charge is -2.20. The molecule has 2 N–H and O–H groups in total. The van der Waals surface area contributed by atoms with E-state index in [-0.39, 0.29) is 18.1 Å². The van der Waals surface area contributed by atoms with Crippen LogP contribution in [0, 0.1) is 0 Å². The highest BCUT2D eigenvalue weighted by molar-refractivity contribution is 5.93. The number of nitrogen functional groups attached to an aromatic ring is 1. The molecular weight excluding hydrogens is 272 g/mol. The van der Waals surface area contributed by atoms with Gasteiger partial charge in [0.1, 0.15) is 11.3 Å². The Labute approximate surface area is 123 Å². The number of nitrogens with zero attached hydrogens (tertiary/aromatic N) is 1. The van der Waals surface area contributed by atoms with Gasteiger partial charge < -0.3 is 20.1 Å². The third kappa shape index (κ3) is 3.65. The fourth-order valence-electron chi connectivity index (χ4n) is 2.19. The van der Waals surface area contributed by atoms with E-state index in [4.69, 9.17) is 10.5 Å². The van der Waals surface area contributed by atoms with E-state index in [9.17, 15) is 9.59 Å². The maximum Gasteiger partial charge on any atom is 0.341 e. The van der Waals surface area contributed by atoms with Crippen LogP contribution >= 0.6 is 0 Å². The second-order valence-corrected chi connectivity index (χ2v) is 4.95. The minimum Gasteiger partial charge on any atom is -0.483 e. The minimum absolute atomic E-state index is 0.0763. The van der Waals surface area contributed by atoms with Gasteiger partial charge in [0.25, 0.3) is 5.91 Å². The number of rotatable bonds is 6. The Morgan fingerprint density at radius 3 is 2.67 bits per heavy atom. The van der Waals surface area contributed by atoms with Crippen LogP contribution in [0.4, 0.5) is 5.69 Å². The number of amides is 1. The zero-order chi connectivity index (χ0) is 15.4. The summed E-state index contributed by atoms with van der Waals surface area (Å²) >= 11 is 0. The van der Waals surface area contributed by atoms with Gasteiger partial charge in [-0.25, -0.2) is 4.79 Å². The van der Waals surface area contributed by atoms with Crippen LogP contribution in [0.25, 0.3) is 0 Å². The van der Waals surface area contributed by atoms with Gasteiger partial charge in [0.05, 0.1) is 7.11 Å². The van der Waals surface area contributed by atoms with Crippen molar-refractivity contribution in [3.8, 4) is 5.75 Å². The molecule has 1 aliphatic carbocycles. The molecule has 1 aliphatic rings. The van der Waals surface area contributed by atoms with E-state index in [0.717, 1.165) is 12.8 Å². The number of anilines is 1. The largest absolute Gasteiger partial charge is 0.483 e. The minimum atomic E-state index is -0.542. The number of hydrogen-bond acceptors (Lipinski definition) is 5. The Morgan fingerprint density at radius 1 is 1.38 bits per heavy atom. The van der Waals surface area contributed by atoms with Crippen molar-refractivity contribution in [3.05, 3.63) is 23.8 Å². The van der Waals surface area contributed by atoms with Crippen LogP contribution in [0.5, 0.6) is 5.75 Å². The zero-order valence-electron chi connectivity index (χ0n) is 12.3. The number of nitrogens with two attached hydrogens (primary N) is 1. The van der Waals surface area contributed by atoms with E-state index < -0.39 is 5.97 Å². The van der Waals surface area contributed by atoms with Gasteiger partial charge in [-0.15, -0.1) is 0 Å². The molecule has 0 saturated heterocycles. The highest BCUT2D eigenvalue weighted by Gasteiger charge is 2.31. The quantitative estimate of drug-likeness (QED) is 0.634. The van der Waals surface area contributed by atoms with Gasteiger partial charge in [-0.2, -0.15) is 0 Å². The van der Waals surface area contributed by atoms with Crippen molar-refractivity contribution in [1.29, 1.82) is 0 Å². The Bertz CT molecular complexity index is 540. The molecule has 114 valence electrons. The van der Waals surface area contributed by atoms with Crippen molar-refractivity contribution in [2.45, 2.75) is 25.8 Å². The average molecular weight is 292 g/mol. The molecule has 1 amide bonds. The number of likely N-dealkylation sites (N-methyl/N-ethyl adjacent to an activating group) is 1. The first-order valence-corrected chi connectivity index (χ1v) is 6.97. The first kappa shape index (κ1) is 15.2. The number of carbonyl (C=O) groups is 2. The standard InChI is InChI=1S/C15H20N2O4/c1-3-17(11-5-6-11)14(18)9-21-13-7-4-10(16)8-12(13)15(19)20-2/h4,7-8,11H,3,5-6,9,16H2,1-2H3. The third-order valence-electron chi connectivity index (χ3n) is 3.41. The third-order valence-corrected chi connectivity index (χ3v) is 3.41. The van der Waals surface area contributed by atoms with E-state index in [1.54, 1.807) is 17.0 Å².